The van der Waals surface area contributed by atoms with Crippen molar-refractivity contribution in [2.45, 2.75) is 83.6 Å². The Hall–Kier alpha value is -3.58. The first-order chi connectivity index (χ1) is 18.8. The van der Waals surface area contributed by atoms with Crippen LogP contribution in [0.25, 0.3) is 0 Å². The highest BCUT2D eigenvalue weighted by Crippen LogP contribution is 2.40. The maximum atomic E-state index is 12.0. The number of aliphatic hydroxyl groups is 1. The number of methoxy groups -OCH3 is 3. The first kappa shape index (κ1) is 32.6. The Kier molecular flexibility index (Phi) is 12.0. The number of hydrogen-bond acceptors (Lipinski definition) is 13. The summed E-state index contributed by atoms with van der Waals surface area (Å²) in [5, 5.41) is 11.7. The summed E-state index contributed by atoms with van der Waals surface area (Å²) in [6.45, 7) is 4.10. The smallest absolute Gasteiger partial charge is 0.303 e. The Morgan fingerprint density at radius 1 is 0.800 bits per heavy atom. The number of esters is 4. The second-order valence-electron chi connectivity index (χ2n) is 9.22. The van der Waals surface area contributed by atoms with Gasteiger partial charge in [-0.1, -0.05) is 0 Å². The fourth-order valence-corrected chi connectivity index (χ4v) is 4.55. The van der Waals surface area contributed by atoms with Gasteiger partial charge in [-0.25, -0.2) is 0 Å². The summed E-state index contributed by atoms with van der Waals surface area (Å²) in [6.07, 6.45) is -4.20. The van der Waals surface area contributed by atoms with E-state index in [0.29, 0.717) is 36.5 Å². The fourth-order valence-electron chi connectivity index (χ4n) is 4.55. The lowest BCUT2D eigenvalue weighted by Gasteiger charge is -2.48. The average Bonchev–Trinajstić information content (AvgIpc) is 2.88. The molecule has 224 valence electrons. The van der Waals surface area contributed by atoms with Crippen LogP contribution >= 0.6 is 0 Å². The minimum atomic E-state index is -2.18. The molecule has 1 aromatic carbocycles. The summed E-state index contributed by atoms with van der Waals surface area (Å²) < 4.78 is 43.2. The van der Waals surface area contributed by atoms with Crippen LogP contribution in [-0.2, 0) is 49.3 Å². The number of aryl methyl sites for hydroxylation is 1. The quantitative estimate of drug-likeness (QED) is 0.208. The molecule has 0 aromatic heterocycles. The van der Waals surface area contributed by atoms with E-state index >= 15 is 0 Å². The molecule has 0 saturated carbocycles. The molecule has 1 aromatic rings. The van der Waals surface area contributed by atoms with Crippen LogP contribution in [0.4, 0.5) is 0 Å². The Balaban J connectivity index is 2.32. The third-order valence-corrected chi connectivity index (χ3v) is 6.11. The van der Waals surface area contributed by atoms with Gasteiger partial charge in [0.15, 0.2) is 29.8 Å². The lowest BCUT2D eigenvalue weighted by molar-refractivity contribution is -0.354. The van der Waals surface area contributed by atoms with E-state index < -0.39 is 60.7 Å². The van der Waals surface area contributed by atoms with E-state index in [4.69, 9.17) is 37.9 Å². The van der Waals surface area contributed by atoms with Crippen LogP contribution < -0.4 is 14.2 Å². The summed E-state index contributed by atoms with van der Waals surface area (Å²) in [6, 6.07) is 3.62. The van der Waals surface area contributed by atoms with E-state index in [0.717, 1.165) is 26.3 Å². The molecule has 1 saturated heterocycles. The van der Waals surface area contributed by atoms with Crippen LogP contribution in [0.5, 0.6) is 17.2 Å². The van der Waals surface area contributed by atoms with Gasteiger partial charge in [-0.2, -0.15) is 0 Å². The number of carbonyl (C=O) groups excluding carboxylic acids is 4. The first-order valence-electron chi connectivity index (χ1n) is 12.7. The molecule has 13 heteroatoms. The monoisotopic (exact) mass is 570 g/mol. The molecule has 1 fully saturated rings. The van der Waals surface area contributed by atoms with Crippen molar-refractivity contribution in [2.75, 3.05) is 27.9 Å². The molecule has 0 bridgehead atoms. The third kappa shape index (κ3) is 8.71. The van der Waals surface area contributed by atoms with Crippen molar-refractivity contribution in [3.63, 3.8) is 0 Å². The average molecular weight is 571 g/mol. The van der Waals surface area contributed by atoms with E-state index in [1.165, 1.54) is 28.3 Å². The minimum absolute atomic E-state index is 0.0729. The van der Waals surface area contributed by atoms with E-state index in [1.54, 1.807) is 0 Å². The summed E-state index contributed by atoms with van der Waals surface area (Å²) in [4.78, 5) is 47.4. The van der Waals surface area contributed by atoms with Gasteiger partial charge in [0.05, 0.1) is 21.3 Å². The Bertz CT molecular complexity index is 1030. The second-order valence-corrected chi connectivity index (χ2v) is 9.22. The van der Waals surface area contributed by atoms with Gasteiger partial charge in [-0.3, -0.25) is 19.2 Å². The number of benzene rings is 1. The van der Waals surface area contributed by atoms with Crippen LogP contribution in [0.2, 0.25) is 0 Å². The van der Waals surface area contributed by atoms with Gasteiger partial charge in [0.25, 0.3) is 0 Å². The van der Waals surface area contributed by atoms with Gasteiger partial charge in [0, 0.05) is 34.1 Å². The molecule has 13 nitrogen and oxygen atoms in total. The van der Waals surface area contributed by atoms with Crippen molar-refractivity contribution in [2.24, 2.45) is 0 Å². The van der Waals surface area contributed by atoms with E-state index in [2.05, 4.69) is 0 Å². The highest BCUT2D eigenvalue weighted by molar-refractivity contribution is 5.69. The van der Waals surface area contributed by atoms with Gasteiger partial charge in [-0.15, -0.1) is 0 Å². The van der Waals surface area contributed by atoms with Crippen LogP contribution in [-0.4, -0.2) is 87.1 Å². The number of rotatable bonds is 13. The Morgan fingerprint density at radius 2 is 1.35 bits per heavy atom. The highest BCUT2D eigenvalue weighted by Gasteiger charge is 2.59. The SMILES string of the molecule is COc1cc(CCCC[C@@]2(O)O[C@H](COC(C)=O)[C@@H](OC(C)=O)[C@H](OC(C)=O)[C@H]2OC(C)=O)cc(OC)c1OC. The normalized spacial score (nSPS) is 23.9. The zero-order valence-electron chi connectivity index (χ0n) is 23.8. The molecular formula is C27H38O13. The highest BCUT2D eigenvalue weighted by atomic mass is 16.7. The predicted molar refractivity (Wildman–Crippen MR) is 137 cm³/mol. The zero-order valence-corrected chi connectivity index (χ0v) is 23.8. The molecular weight excluding hydrogens is 532 g/mol. The van der Waals surface area contributed by atoms with Gasteiger partial charge < -0.3 is 43.0 Å². The molecule has 2 rings (SSSR count). The predicted octanol–water partition coefficient (Wildman–Crippen LogP) is 1.87. The summed E-state index contributed by atoms with van der Waals surface area (Å²) in [5.41, 5.74) is 0.878. The van der Waals surface area contributed by atoms with Gasteiger partial charge in [0.1, 0.15) is 12.7 Å². The van der Waals surface area contributed by atoms with E-state index in [-0.39, 0.29) is 6.42 Å². The number of unbranched alkanes of at least 4 members (excludes halogenated alkanes) is 1. The van der Waals surface area contributed by atoms with E-state index in [1.807, 2.05) is 12.1 Å². The maximum absolute atomic E-state index is 12.0. The third-order valence-electron chi connectivity index (χ3n) is 6.11. The molecule has 0 unspecified atom stereocenters. The van der Waals surface area contributed by atoms with Gasteiger partial charge in [-0.05, 0) is 37.0 Å². The molecule has 1 aliphatic rings. The molecule has 1 aliphatic heterocycles. The van der Waals surface area contributed by atoms with Crippen LogP contribution in [0, 0.1) is 0 Å². The molecule has 40 heavy (non-hydrogen) atoms. The standard InChI is InChI=1S/C27H38O13/c1-15(28)36-14-22-24(37-16(2)29)25(38-17(3)30)26(39-18(4)31)27(32,40-22)11-9-8-10-19-12-20(33-5)23(35-7)21(13-19)34-6/h12-13,22,24-26,32H,8-11,14H2,1-7H3/t22-,24-,25+,26-,27-/m1/s1. The molecule has 1 N–H and O–H groups in total. The maximum Gasteiger partial charge on any atom is 0.303 e. The molecule has 0 radical (unpaired) electrons. The second kappa shape index (κ2) is 14.7. The molecule has 0 aliphatic carbocycles. The van der Waals surface area contributed by atoms with Crippen molar-refractivity contribution in [3.8, 4) is 17.2 Å². The van der Waals surface area contributed by atoms with Crippen molar-refractivity contribution in [1.82, 2.24) is 0 Å². The number of carbonyl (C=O) groups is 4. The van der Waals surface area contributed by atoms with E-state index in [9.17, 15) is 24.3 Å². The molecule has 0 amide bonds. The summed E-state index contributed by atoms with van der Waals surface area (Å²) >= 11 is 0. The molecule has 0 spiro atoms. The minimum Gasteiger partial charge on any atom is -0.493 e. The summed E-state index contributed by atoms with van der Waals surface area (Å²) in [5.74, 6) is -3.70. The van der Waals surface area contributed by atoms with Crippen molar-refractivity contribution in [1.29, 1.82) is 0 Å². The van der Waals surface area contributed by atoms with Crippen LogP contribution in [0.15, 0.2) is 12.1 Å². The lowest BCUT2D eigenvalue weighted by atomic mass is 9.88. The van der Waals surface area contributed by atoms with Gasteiger partial charge >= 0.3 is 23.9 Å². The topological polar surface area (TPSA) is 162 Å². The van der Waals surface area contributed by atoms with Crippen molar-refractivity contribution < 1.29 is 62.2 Å². The van der Waals surface area contributed by atoms with Crippen molar-refractivity contribution in [3.05, 3.63) is 17.7 Å². The first-order valence-corrected chi connectivity index (χ1v) is 12.7. The van der Waals surface area contributed by atoms with Crippen LogP contribution in [0.3, 0.4) is 0 Å². The number of hydrogen-bond donors (Lipinski definition) is 1. The van der Waals surface area contributed by atoms with Crippen LogP contribution in [0.1, 0.15) is 52.5 Å². The van der Waals surface area contributed by atoms with Gasteiger partial charge in [0.2, 0.25) is 11.5 Å². The fraction of sp³-hybridized carbons (Fsp3) is 0.630. The zero-order chi connectivity index (χ0) is 30.0. The number of ether oxygens (including phenoxy) is 8. The Morgan fingerprint density at radius 3 is 1.82 bits per heavy atom. The Labute approximate surface area is 232 Å². The molecule has 1 heterocycles. The van der Waals surface area contributed by atoms with Crippen molar-refractivity contribution >= 4 is 23.9 Å². The lowest BCUT2D eigenvalue weighted by Crippen LogP contribution is -2.68. The molecule has 5 atom stereocenters. The summed E-state index contributed by atoms with van der Waals surface area (Å²) in [7, 11) is 4.54. The largest absolute Gasteiger partial charge is 0.493 e.